The van der Waals surface area contributed by atoms with E-state index in [9.17, 15) is 38.4 Å². The van der Waals surface area contributed by atoms with Crippen LogP contribution in [0.3, 0.4) is 0 Å². The second-order valence-corrected chi connectivity index (χ2v) is 10.2. The van der Waals surface area contributed by atoms with Gasteiger partial charge in [0.25, 0.3) is 11.8 Å². The number of carboxylic acid groups (broad SMARTS) is 1. The Balaban J connectivity index is -0.000000479. The molecule has 37 heavy (non-hydrogen) atoms. The zero-order chi connectivity index (χ0) is 29.4. The minimum Gasteiger partial charge on any atom is -0.481 e. The Labute approximate surface area is 228 Å². The van der Waals surface area contributed by atoms with E-state index in [2.05, 4.69) is 15.9 Å². The van der Waals surface area contributed by atoms with Crippen LogP contribution in [0.5, 0.6) is 0 Å². The number of nitrogens with one attached hydrogen (secondary N) is 1. The van der Waals surface area contributed by atoms with Crippen LogP contribution in [0.15, 0.2) is 0 Å². The summed E-state index contributed by atoms with van der Waals surface area (Å²) < 4.78 is 0. The van der Waals surface area contributed by atoms with E-state index in [1.165, 1.54) is 39.6 Å². The van der Waals surface area contributed by atoms with Gasteiger partial charge >= 0.3 is 11.9 Å². The van der Waals surface area contributed by atoms with E-state index in [-0.39, 0.29) is 52.7 Å². The number of aliphatic carboxylic acids is 1. The molecule has 1 rings (SSSR count). The minimum absolute atomic E-state index is 0.0126. The highest BCUT2D eigenvalue weighted by Gasteiger charge is 2.32. The molecule has 1 heterocycles. The lowest BCUT2D eigenvalue weighted by atomic mass is 10.4. The second-order valence-electron chi connectivity index (χ2n) is 6.38. The highest BCUT2D eigenvalue weighted by atomic mass is 32.2. The number of thioether (sulfide) groups is 3. The average molecular weight is 586 g/mol. The number of nitrogens with zero attached hydrogens (tertiary/aromatic N) is 1. The molecule has 1 aliphatic rings. The van der Waals surface area contributed by atoms with Gasteiger partial charge in [0.1, 0.15) is 0 Å². The monoisotopic (exact) mass is 585 g/mol. The maximum atomic E-state index is 11.2. The van der Waals surface area contributed by atoms with Gasteiger partial charge < -0.3 is 21.0 Å². The lowest BCUT2D eigenvalue weighted by molar-refractivity contribution is -0.197. The third kappa shape index (κ3) is 28.0. The first-order valence-electron chi connectivity index (χ1n) is 10.8. The number of carboxylic acids is 1. The van der Waals surface area contributed by atoms with Crippen LogP contribution < -0.4 is 11.1 Å². The molecular weight excluding hydrogens is 550 g/mol. The van der Waals surface area contributed by atoms with Crippen LogP contribution in [-0.2, 0) is 43.2 Å². The summed E-state index contributed by atoms with van der Waals surface area (Å²) in [4.78, 5) is 89.4. The number of nitrogens with two attached hydrogens (primary N) is 1. The number of hydrogen-bond acceptors (Lipinski definition) is 13. The third-order valence-electron chi connectivity index (χ3n) is 3.34. The molecule has 0 unspecified atom stereocenters. The molecule has 0 aromatic rings. The van der Waals surface area contributed by atoms with Gasteiger partial charge in [-0.05, 0) is 7.05 Å². The summed E-state index contributed by atoms with van der Waals surface area (Å²) in [6.45, 7) is 4.31. The largest absolute Gasteiger partial charge is 0.481 e. The Kier molecular flexibility index (Phi) is 26.7. The summed E-state index contributed by atoms with van der Waals surface area (Å²) in [5, 5.41) is 11.0. The molecule has 0 bridgehead atoms. The van der Waals surface area contributed by atoms with Crippen LogP contribution in [0.2, 0.25) is 0 Å². The summed E-state index contributed by atoms with van der Waals surface area (Å²) in [5.74, 6) is -1.32. The Bertz CT molecular complexity index is 764. The minimum atomic E-state index is -0.858. The maximum absolute atomic E-state index is 11.2. The number of carbonyl (C=O) groups excluding carboxylic acids is 7. The molecule has 4 N–H and O–H groups in total. The summed E-state index contributed by atoms with van der Waals surface area (Å²) in [5.41, 5.74) is 4.50. The molecule has 13 nitrogen and oxygen atoms in total. The Morgan fingerprint density at radius 2 is 1.19 bits per heavy atom. The van der Waals surface area contributed by atoms with Gasteiger partial charge in [0.15, 0.2) is 15.3 Å². The number of amides is 3. The van der Waals surface area contributed by atoms with Gasteiger partial charge in [0.05, 0.1) is 12.8 Å². The predicted molar refractivity (Wildman–Crippen MR) is 142 cm³/mol. The van der Waals surface area contributed by atoms with E-state index in [0.29, 0.717) is 23.0 Å². The van der Waals surface area contributed by atoms with E-state index in [1.54, 1.807) is 7.05 Å². The molecule has 0 aliphatic carbocycles. The van der Waals surface area contributed by atoms with Gasteiger partial charge in [-0.15, -0.1) is 5.06 Å². The summed E-state index contributed by atoms with van der Waals surface area (Å²) in [6, 6.07) is 0. The number of carbonyl (C=O) groups is 8. The van der Waals surface area contributed by atoms with Crippen molar-refractivity contribution in [1.82, 2.24) is 10.4 Å². The predicted octanol–water partition coefficient (Wildman–Crippen LogP) is 0.981. The van der Waals surface area contributed by atoms with Crippen molar-refractivity contribution in [2.75, 3.05) is 31.4 Å². The third-order valence-corrected chi connectivity index (χ3v) is 5.79. The zero-order valence-corrected chi connectivity index (χ0v) is 24.0. The van der Waals surface area contributed by atoms with Crippen LogP contribution in [0.25, 0.3) is 0 Å². The highest BCUT2D eigenvalue weighted by molar-refractivity contribution is 8.14. The lowest BCUT2D eigenvalue weighted by Crippen LogP contribution is -2.32. The molecule has 0 radical (unpaired) electrons. The second kappa shape index (κ2) is 25.2. The van der Waals surface area contributed by atoms with Gasteiger partial charge in [-0.2, -0.15) is 0 Å². The van der Waals surface area contributed by atoms with Crippen LogP contribution in [0, 0.1) is 0 Å². The fourth-order valence-corrected chi connectivity index (χ4v) is 3.47. The van der Waals surface area contributed by atoms with Crippen molar-refractivity contribution in [3.8, 4) is 0 Å². The van der Waals surface area contributed by atoms with Crippen molar-refractivity contribution in [3.63, 3.8) is 0 Å². The number of rotatable bonds is 10. The first kappa shape index (κ1) is 39.1. The Hall–Kier alpha value is -2.43. The van der Waals surface area contributed by atoms with Crippen LogP contribution in [-0.4, -0.2) is 86.5 Å². The molecular formula is C21H35N3O10S3. The quantitative estimate of drug-likeness (QED) is 0.306. The molecule has 0 saturated carbocycles. The van der Waals surface area contributed by atoms with Gasteiger partial charge in [0.2, 0.25) is 5.91 Å². The molecule has 16 heteroatoms. The molecule has 0 aromatic heterocycles. The van der Waals surface area contributed by atoms with Gasteiger partial charge in [-0.1, -0.05) is 35.3 Å². The topological polar surface area (TPSA) is 207 Å². The number of hydroxylamine groups is 2. The van der Waals surface area contributed by atoms with Crippen LogP contribution >= 0.6 is 35.3 Å². The van der Waals surface area contributed by atoms with E-state index in [4.69, 9.17) is 5.11 Å². The molecule has 0 aromatic carbocycles. The van der Waals surface area contributed by atoms with Crippen LogP contribution in [0.1, 0.15) is 52.9 Å². The molecule has 3 amide bonds. The fourth-order valence-electron chi connectivity index (χ4n) is 1.78. The van der Waals surface area contributed by atoms with Gasteiger partial charge in [-0.25, -0.2) is 4.79 Å². The summed E-state index contributed by atoms with van der Waals surface area (Å²) >= 11 is 3.21. The average Bonchev–Trinajstić information content (AvgIpc) is 3.12. The van der Waals surface area contributed by atoms with Crippen molar-refractivity contribution in [2.45, 2.75) is 52.9 Å². The van der Waals surface area contributed by atoms with Crippen molar-refractivity contribution in [1.29, 1.82) is 0 Å². The Morgan fingerprint density at radius 1 is 0.811 bits per heavy atom. The lowest BCUT2D eigenvalue weighted by Gasteiger charge is -2.11. The first-order chi connectivity index (χ1) is 17.3. The first-order valence-corrected chi connectivity index (χ1v) is 13.7. The van der Waals surface area contributed by atoms with Crippen LogP contribution in [0.4, 0.5) is 0 Å². The molecule has 212 valence electrons. The summed E-state index contributed by atoms with van der Waals surface area (Å²) in [6.07, 6.45) is 0.620. The van der Waals surface area contributed by atoms with Gasteiger partial charge in [0, 0.05) is 64.3 Å². The van der Waals surface area contributed by atoms with E-state index in [0.717, 1.165) is 23.5 Å². The van der Waals surface area contributed by atoms with Gasteiger partial charge in [-0.3, -0.25) is 33.6 Å². The molecule has 1 saturated heterocycles. The van der Waals surface area contributed by atoms with Crippen molar-refractivity contribution < 1.29 is 48.3 Å². The molecule has 1 aliphatic heterocycles. The molecule has 1 fully saturated rings. The van der Waals surface area contributed by atoms with Crippen molar-refractivity contribution in [2.24, 2.45) is 5.73 Å². The SMILES string of the molecule is CC(=O)SCCC(=O)O.CC(=O)SCCC(=O)ON1C(=O)CCC1=O.CN.CNC(=O)CCSC(C)=O. The number of hydrogen-bond donors (Lipinski definition) is 3. The smallest absolute Gasteiger partial charge is 0.334 e. The zero-order valence-electron chi connectivity index (χ0n) is 21.5. The van der Waals surface area contributed by atoms with E-state index in [1.807, 2.05) is 0 Å². The summed E-state index contributed by atoms with van der Waals surface area (Å²) in [7, 11) is 3.08. The van der Waals surface area contributed by atoms with E-state index < -0.39 is 23.8 Å². The van der Waals surface area contributed by atoms with E-state index >= 15 is 0 Å². The standard InChI is InChI=1S/C9H11NO5S.C6H11NO2S.C5H8O3S.CH5N/c1-6(11)16-5-4-9(14)15-10-7(12)2-3-8(10)13;1-5(8)10-4-3-6(9)7-2;1-4(6)9-3-2-5(7)8;1-2/h2-5H2,1H3;3-4H2,1-2H3,(H,7,9);2-3H2,1H3,(H,7,8);2H2,1H3. The molecule has 0 atom stereocenters. The Morgan fingerprint density at radius 3 is 1.54 bits per heavy atom. The van der Waals surface area contributed by atoms with Crippen molar-refractivity contribution in [3.05, 3.63) is 0 Å². The maximum Gasteiger partial charge on any atom is 0.334 e. The highest BCUT2D eigenvalue weighted by Crippen LogP contribution is 2.13. The van der Waals surface area contributed by atoms with Crippen molar-refractivity contribution >= 4 is 80.3 Å². The fraction of sp³-hybridized carbons (Fsp3) is 0.619. The molecule has 0 spiro atoms. The number of imide groups is 1. The normalized spacial score (nSPS) is 11.5.